The molecule has 0 saturated heterocycles. The van der Waals surface area contributed by atoms with Crippen molar-refractivity contribution in [3.8, 4) is 0 Å². The van der Waals surface area contributed by atoms with Crippen LogP contribution in [-0.2, 0) is 17.9 Å². The summed E-state index contributed by atoms with van der Waals surface area (Å²) in [5.41, 5.74) is 3.78. The van der Waals surface area contributed by atoms with E-state index in [1.807, 2.05) is 4.90 Å². The lowest BCUT2D eigenvalue weighted by Crippen LogP contribution is -2.42. The van der Waals surface area contributed by atoms with Crippen LogP contribution in [0.1, 0.15) is 49.9 Å². The molecule has 3 nitrogen and oxygen atoms in total. The quantitative estimate of drug-likeness (QED) is 0.774. The van der Waals surface area contributed by atoms with E-state index < -0.39 is 0 Å². The second-order valence-corrected chi connectivity index (χ2v) is 7.30. The maximum absolute atomic E-state index is 12.7. The van der Waals surface area contributed by atoms with Gasteiger partial charge in [-0.2, -0.15) is 0 Å². The predicted molar refractivity (Wildman–Crippen MR) is 97.7 cm³/mol. The van der Waals surface area contributed by atoms with Crippen LogP contribution in [-0.4, -0.2) is 21.4 Å². The Hall–Kier alpha value is -2.03. The lowest BCUT2D eigenvalue weighted by molar-refractivity contribution is -0.140. The summed E-state index contributed by atoms with van der Waals surface area (Å²) < 4.78 is 2.26. The van der Waals surface area contributed by atoms with Crippen molar-refractivity contribution in [2.75, 3.05) is 0 Å². The fourth-order valence-corrected chi connectivity index (χ4v) is 3.22. The van der Waals surface area contributed by atoms with Gasteiger partial charge in [0.05, 0.1) is 6.54 Å². The van der Waals surface area contributed by atoms with Gasteiger partial charge in [0.1, 0.15) is 0 Å². The Labute approximate surface area is 145 Å². The van der Waals surface area contributed by atoms with Crippen molar-refractivity contribution in [3.63, 3.8) is 0 Å². The third-order valence-electron chi connectivity index (χ3n) is 5.09. The summed E-state index contributed by atoms with van der Waals surface area (Å²) in [6, 6.07) is 13.1. The van der Waals surface area contributed by atoms with Crippen LogP contribution in [0.5, 0.6) is 0 Å². The topological polar surface area (TPSA) is 25.2 Å². The third-order valence-corrected chi connectivity index (χ3v) is 5.09. The van der Waals surface area contributed by atoms with Crippen LogP contribution in [0.25, 0.3) is 0 Å². The second-order valence-electron chi connectivity index (χ2n) is 7.30. The first kappa shape index (κ1) is 16.8. The minimum absolute atomic E-state index is 0.237. The Morgan fingerprint density at radius 1 is 1.21 bits per heavy atom. The summed E-state index contributed by atoms with van der Waals surface area (Å²) in [5, 5.41) is 0. The van der Waals surface area contributed by atoms with Crippen LogP contribution in [0.4, 0.5) is 0 Å². The van der Waals surface area contributed by atoms with Crippen LogP contribution in [0.3, 0.4) is 0 Å². The van der Waals surface area contributed by atoms with Crippen molar-refractivity contribution in [3.05, 3.63) is 59.4 Å². The lowest BCUT2D eigenvalue weighted by Gasteiger charge is -2.34. The van der Waals surface area contributed by atoms with Gasteiger partial charge in [-0.3, -0.25) is 4.79 Å². The standard InChI is InChI=1S/C21H28N2O/c1-16(2)23(21(24)19-6-4-7-19)15-20-8-5-13-22(20)14-18-11-9-17(3)10-12-18/h5,8-13,16,19H,4,6-7,14-15H2,1-3H3. The van der Waals surface area contributed by atoms with E-state index in [-0.39, 0.29) is 12.0 Å². The zero-order valence-corrected chi connectivity index (χ0v) is 15.0. The molecule has 3 rings (SSSR count). The van der Waals surface area contributed by atoms with E-state index in [0.29, 0.717) is 12.5 Å². The molecule has 1 amide bonds. The molecule has 0 spiro atoms. The molecule has 1 aliphatic carbocycles. The summed E-state index contributed by atoms with van der Waals surface area (Å²) in [4.78, 5) is 14.8. The van der Waals surface area contributed by atoms with Gasteiger partial charge in [-0.25, -0.2) is 0 Å². The zero-order valence-electron chi connectivity index (χ0n) is 15.0. The van der Waals surface area contributed by atoms with E-state index in [4.69, 9.17) is 0 Å². The highest BCUT2D eigenvalue weighted by Crippen LogP contribution is 2.29. The number of hydrogen-bond donors (Lipinski definition) is 0. The minimum Gasteiger partial charge on any atom is -0.345 e. The average Bonchev–Trinajstić information content (AvgIpc) is 2.92. The highest BCUT2D eigenvalue weighted by Gasteiger charge is 2.30. The SMILES string of the molecule is Cc1ccc(Cn2cccc2CN(C(=O)C2CCC2)C(C)C)cc1. The molecule has 128 valence electrons. The molecule has 1 heterocycles. The van der Waals surface area contributed by atoms with E-state index in [0.717, 1.165) is 19.4 Å². The molecule has 0 atom stereocenters. The van der Waals surface area contributed by atoms with Gasteiger partial charge in [0.2, 0.25) is 5.91 Å². The van der Waals surface area contributed by atoms with Crippen molar-refractivity contribution >= 4 is 5.91 Å². The van der Waals surface area contributed by atoms with Gasteiger partial charge in [-0.05, 0) is 51.3 Å². The minimum atomic E-state index is 0.237. The molecule has 1 aromatic heterocycles. The Balaban J connectivity index is 1.73. The molecule has 1 fully saturated rings. The van der Waals surface area contributed by atoms with Crippen molar-refractivity contribution in [1.29, 1.82) is 0 Å². The summed E-state index contributed by atoms with van der Waals surface area (Å²) in [6.45, 7) is 7.89. The van der Waals surface area contributed by atoms with Crippen molar-refractivity contribution < 1.29 is 4.79 Å². The highest BCUT2D eigenvalue weighted by molar-refractivity contribution is 5.79. The second kappa shape index (κ2) is 7.25. The van der Waals surface area contributed by atoms with Gasteiger partial charge in [-0.15, -0.1) is 0 Å². The molecular formula is C21H28N2O. The van der Waals surface area contributed by atoms with Crippen LogP contribution >= 0.6 is 0 Å². The van der Waals surface area contributed by atoms with Gasteiger partial charge in [0.15, 0.2) is 0 Å². The fraction of sp³-hybridized carbons (Fsp3) is 0.476. The first-order valence-corrected chi connectivity index (χ1v) is 9.04. The Morgan fingerprint density at radius 3 is 2.50 bits per heavy atom. The number of nitrogens with zero attached hydrogens (tertiary/aromatic N) is 2. The Bertz CT molecular complexity index is 680. The number of carbonyl (C=O) groups excluding carboxylic acids is 1. The third kappa shape index (κ3) is 3.72. The lowest BCUT2D eigenvalue weighted by atomic mass is 9.84. The first-order chi connectivity index (χ1) is 11.5. The van der Waals surface area contributed by atoms with Gasteiger partial charge >= 0.3 is 0 Å². The molecule has 1 aliphatic rings. The Morgan fingerprint density at radius 2 is 1.92 bits per heavy atom. The molecule has 0 radical (unpaired) electrons. The van der Waals surface area contributed by atoms with Crippen LogP contribution < -0.4 is 0 Å². The highest BCUT2D eigenvalue weighted by atomic mass is 16.2. The molecule has 1 aromatic carbocycles. The molecule has 3 heteroatoms. The molecule has 24 heavy (non-hydrogen) atoms. The molecular weight excluding hydrogens is 296 g/mol. The number of aryl methyl sites for hydroxylation is 1. The number of amides is 1. The van der Waals surface area contributed by atoms with Gasteiger partial charge in [0.25, 0.3) is 0 Å². The molecule has 1 saturated carbocycles. The zero-order chi connectivity index (χ0) is 17.1. The summed E-state index contributed by atoms with van der Waals surface area (Å²) >= 11 is 0. The van der Waals surface area contributed by atoms with E-state index in [9.17, 15) is 4.79 Å². The molecule has 0 N–H and O–H groups in total. The van der Waals surface area contributed by atoms with Crippen LogP contribution in [0, 0.1) is 12.8 Å². The van der Waals surface area contributed by atoms with Gasteiger partial charge in [0, 0.05) is 30.4 Å². The smallest absolute Gasteiger partial charge is 0.226 e. The molecule has 0 unspecified atom stereocenters. The van der Waals surface area contributed by atoms with E-state index >= 15 is 0 Å². The van der Waals surface area contributed by atoms with E-state index in [2.05, 4.69) is 67.9 Å². The normalized spacial score (nSPS) is 14.7. The number of rotatable bonds is 6. The van der Waals surface area contributed by atoms with Crippen LogP contribution in [0.15, 0.2) is 42.6 Å². The fourth-order valence-electron chi connectivity index (χ4n) is 3.22. The maximum Gasteiger partial charge on any atom is 0.226 e. The van der Waals surface area contributed by atoms with E-state index in [1.165, 1.54) is 23.2 Å². The van der Waals surface area contributed by atoms with Crippen molar-refractivity contribution in [1.82, 2.24) is 9.47 Å². The van der Waals surface area contributed by atoms with E-state index in [1.54, 1.807) is 0 Å². The monoisotopic (exact) mass is 324 g/mol. The van der Waals surface area contributed by atoms with Crippen molar-refractivity contribution in [2.24, 2.45) is 5.92 Å². The van der Waals surface area contributed by atoms with Crippen molar-refractivity contribution in [2.45, 2.75) is 59.2 Å². The molecule has 2 aromatic rings. The molecule has 0 bridgehead atoms. The predicted octanol–water partition coefficient (Wildman–Crippen LogP) is 4.38. The number of hydrogen-bond acceptors (Lipinski definition) is 1. The summed E-state index contributed by atoms with van der Waals surface area (Å²) in [7, 11) is 0. The summed E-state index contributed by atoms with van der Waals surface area (Å²) in [5.74, 6) is 0.590. The number of aromatic nitrogens is 1. The first-order valence-electron chi connectivity index (χ1n) is 9.04. The maximum atomic E-state index is 12.7. The number of benzene rings is 1. The van der Waals surface area contributed by atoms with Gasteiger partial charge in [-0.1, -0.05) is 36.2 Å². The largest absolute Gasteiger partial charge is 0.345 e. The van der Waals surface area contributed by atoms with Crippen LogP contribution in [0.2, 0.25) is 0 Å². The van der Waals surface area contributed by atoms with Gasteiger partial charge < -0.3 is 9.47 Å². The summed E-state index contributed by atoms with van der Waals surface area (Å²) in [6.07, 6.45) is 5.44. The molecule has 0 aliphatic heterocycles. The Kier molecular flexibility index (Phi) is 5.08. The number of carbonyl (C=O) groups is 1. The average molecular weight is 324 g/mol.